The predicted molar refractivity (Wildman–Crippen MR) is 87.1 cm³/mol. The Balaban J connectivity index is 1.66. The Morgan fingerprint density at radius 1 is 1.38 bits per heavy atom. The molecule has 130 valence electrons. The third-order valence-corrected chi connectivity index (χ3v) is 6.35. The van der Waals surface area contributed by atoms with E-state index in [1.54, 1.807) is 0 Å². The molecule has 2 heterocycles. The topological polar surface area (TPSA) is 83.5 Å². The normalized spacial score (nSPS) is 25.9. The SMILES string of the molecule is O=C(NC1CCS(=O)(=O)C1)C1CC(=O)N(c2ccc(F)c(Cl)c2)C1. The van der Waals surface area contributed by atoms with Crippen LogP contribution in [0.4, 0.5) is 10.1 Å². The van der Waals surface area contributed by atoms with E-state index in [1.165, 1.54) is 23.1 Å². The van der Waals surface area contributed by atoms with Crippen molar-refractivity contribution in [3.05, 3.63) is 29.0 Å². The quantitative estimate of drug-likeness (QED) is 0.859. The van der Waals surface area contributed by atoms with E-state index in [0.29, 0.717) is 12.1 Å². The van der Waals surface area contributed by atoms with E-state index in [9.17, 15) is 22.4 Å². The van der Waals surface area contributed by atoms with Crippen LogP contribution >= 0.6 is 11.6 Å². The van der Waals surface area contributed by atoms with E-state index in [0.717, 1.165) is 0 Å². The van der Waals surface area contributed by atoms with Crippen molar-refractivity contribution in [1.29, 1.82) is 0 Å². The van der Waals surface area contributed by atoms with Crippen LogP contribution in [0.15, 0.2) is 18.2 Å². The van der Waals surface area contributed by atoms with Gasteiger partial charge in [0.1, 0.15) is 5.82 Å². The zero-order valence-corrected chi connectivity index (χ0v) is 14.2. The fourth-order valence-electron chi connectivity index (χ4n) is 3.01. The van der Waals surface area contributed by atoms with Gasteiger partial charge in [-0.05, 0) is 24.6 Å². The first kappa shape index (κ1) is 17.2. The Bertz CT molecular complexity index is 799. The number of rotatable bonds is 3. The number of amides is 2. The van der Waals surface area contributed by atoms with Crippen LogP contribution in [0.3, 0.4) is 0 Å². The van der Waals surface area contributed by atoms with Gasteiger partial charge in [0.15, 0.2) is 9.84 Å². The lowest BCUT2D eigenvalue weighted by Crippen LogP contribution is -2.40. The van der Waals surface area contributed by atoms with Gasteiger partial charge in [-0.3, -0.25) is 9.59 Å². The van der Waals surface area contributed by atoms with Crippen LogP contribution in [0, 0.1) is 11.7 Å². The number of hydrogen-bond donors (Lipinski definition) is 1. The van der Waals surface area contributed by atoms with E-state index < -0.39 is 27.6 Å². The minimum atomic E-state index is -3.08. The molecule has 3 rings (SSSR count). The van der Waals surface area contributed by atoms with Gasteiger partial charge in [-0.25, -0.2) is 12.8 Å². The molecule has 0 aliphatic carbocycles. The summed E-state index contributed by atoms with van der Waals surface area (Å²) in [5, 5.41) is 2.61. The first-order valence-electron chi connectivity index (χ1n) is 7.51. The minimum absolute atomic E-state index is 0.0281. The monoisotopic (exact) mass is 374 g/mol. The number of hydrogen-bond acceptors (Lipinski definition) is 4. The number of nitrogens with zero attached hydrogens (tertiary/aromatic N) is 1. The smallest absolute Gasteiger partial charge is 0.227 e. The van der Waals surface area contributed by atoms with Crippen molar-refractivity contribution >= 4 is 38.9 Å². The number of halogens is 2. The van der Waals surface area contributed by atoms with E-state index in [2.05, 4.69) is 5.32 Å². The summed E-state index contributed by atoms with van der Waals surface area (Å²) >= 11 is 5.73. The molecule has 2 atom stereocenters. The summed E-state index contributed by atoms with van der Waals surface area (Å²) in [6.45, 7) is 0.159. The number of sulfone groups is 1. The molecule has 1 aromatic carbocycles. The van der Waals surface area contributed by atoms with Gasteiger partial charge >= 0.3 is 0 Å². The second-order valence-corrected chi connectivity index (χ2v) is 8.75. The number of anilines is 1. The highest BCUT2D eigenvalue weighted by atomic mass is 35.5. The molecule has 0 spiro atoms. The van der Waals surface area contributed by atoms with E-state index in [-0.39, 0.29) is 41.3 Å². The van der Waals surface area contributed by atoms with Crippen molar-refractivity contribution in [2.45, 2.75) is 18.9 Å². The first-order chi connectivity index (χ1) is 11.2. The molecule has 24 heavy (non-hydrogen) atoms. The average Bonchev–Trinajstić information content (AvgIpc) is 3.05. The van der Waals surface area contributed by atoms with Crippen molar-refractivity contribution in [3.8, 4) is 0 Å². The highest BCUT2D eigenvalue weighted by molar-refractivity contribution is 7.91. The molecular formula is C15H16ClFN2O4S. The van der Waals surface area contributed by atoms with E-state index in [1.807, 2.05) is 0 Å². The Kier molecular flexibility index (Phi) is 4.52. The molecule has 1 N–H and O–H groups in total. The maximum Gasteiger partial charge on any atom is 0.227 e. The zero-order chi connectivity index (χ0) is 17.5. The number of carbonyl (C=O) groups is 2. The van der Waals surface area contributed by atoms with Crippen molar-refractivity contribution in [1.82, 2.24) is 5.32 Å². The van der Waals surface area contributed by atoms with Crippen LogP contribution in [-0.2, 0) is 19.4 Å². The molecule has 1 aromatic rings. The number of benzene rings is 1. The lowest BCUT2D eigenvalue weighted by molar-refractivity contribution is -0.126. The summed E-state index contributed by atoms with van der Waals surface area (Å²) in [5.41, 5.74) is 0.435. The molecule has 9 heteroatoms. The highest BCUT2D eigenvalue weighted by Gasteiger charge is 2.37. The van der Waals surface area contributed by atoms with Gasteiger partial charge < -0.3 is 10.2 Å². The van der Waals surface area contributed by atoms with E-state index in [4.69, 9.17) is 11.6 Å². The molecule has 2 fully saturated rings. The van der Waals surface area contributed by atoms with Gasteiger partial charge in [0.2, 0.25) is 11.8 Å². The standard InChI is InChI=1S/C15H16ClFN2O4S/c16-12-6-11(1-2-13(12)17)19-7-9(5-14(19)20)15(21)18-10-3-4-24(22,23)8-10/h1-2,6,9-10H,3-5,7-8H2,(H,18,21). The molecule has 2 aliphatic heterocycles. The van der Waals surface area contributed by atoms with Crippen LogP contribution < -0.4 is 10.2 Å². The van der Waals surface area contributed by atoms with Gasteiger partial charge in [0.25, 0.3) is 0 Å². The molecule has 0 saturated carbocycles. The van der Waals surface area contributed by atoms with Crippen LogP contribution in [0.2, 0.25) is 5.02 Å². The molecule has 2 unspecified atom stereocenters. The summed E-state index contributed by atoms with van der Waals surface area (Å²) in [7, 11) is -3.08. The molecule has 2 amide bonds. The third-order valence-electron chi connectivity index (χ3n) is 4.29. The van der Waals surface area contributed by atoms with E-state index >= 15 is 0 Å². The van der Waals surface area contributed by atoms with Gasteiger partial charge in [0, 0.05) is 24.7 Å². The van der Waals surface area contributed by atoms with Crippen LogP contribution in [0.5, 0.6) is 0 Å². The van der Waals surface area contributed by atoms with Crippen LogP contribution in [0.25, 0.3) is 0 Å². The summed E-state index contributed by atoms with van der Waals surface area (Å²) in [6, 6.07) is 3.55. The van der Waals surface area contributed by atoms with Crippen LogP contribution in [0.1, 0.15) is 12.8 Å². The largest absolute Gasteiger partial charge is 0.352 e. The Hall–Kier alpha value is -1.67. The van der Waals surface area contributed by atoms with Crippen LogP contribution in [-0.4, -0.2) is 44.3 Å². The predicted octanol–water partition coefficient (Wildman–Crippen LogP) is 1.14. The average molecular weight is 375 g/mol. The first-order valence-corrected chi connectivity index (χ1v) is 9.71. The summed E-state index contributed by atoms with van der Waals surface area (Å²) in [6.07, 6.45) is 0.423. The molecule has 6 nitrogen and oxygen atoms in total. The Morgan fingerprint density at radius 2 is 2.12 bits per heavy atom. The molecular weight excluding hydrogens is 359 g/mol. The number of nitrogens with one attached hydrogen (secondary N) is 1. The van der Waals surface area contributed by atoms with Crippen molar-refractivity contribution in [2.75, 3.05) is 23.0 Å². The fourth-order valence-corrected chi connectivity index (χ4v) is 4.86. The fraction of sp³-hybridized carbons (Fsp3) is 0.467. The van der Waals surface area contributed by atoms with Crippen molar-refractivity contribution < 1.29 is 22.4 Å². The maximum atomic E-state index is 13.2. The molecule has 0 bridgehead atoms. The Labute approximate surface area is 143 Å². The minimum Gasteiger partial charge on any atom is -0.352 e. The summed E-state index contributed by atoms with van der Waals surface area (Å²) in [4.78, 5) is 25.8. The maximum absolute atomic E-state index is 13.2. The summed E-state index contributed by atoms with van der Waals surface area (Å²) in [5.74, 6) is -1.72. The second-order valence-electron chi connectivity index (χ2n) is 6.11. The molecule has 0 radical (unpaired) electrons. The highest BCUT2D eigenvalue weighted by Crippen LogP contribution is 2.28. The van der Waals surface area contributed by atoms with Gasteiger partial charge in [-0.1, -0.05) is 11.6 Å². The van der Waals surface area contributed by atoms with Crippen molar-refractivity contribution in [2.24, 2.45) is 5.92 Å². The Morgan fingerprint density at radius 3 is 2.75 bits per heavy atom. The lowest BCUT2D eigenvalue weighted by Gasteiger charge is -2.18. The third kappa shape index (κ3) is 3.54. The van der Waals surface area contributed by atoms with Gasteiger partial charge in [-0.2, -0.15) is 0 Å². The lowest BCUT2D eigenvalue weighted by atomic mass is 10.1. The number of carbonyl (C=O) groups excluding carboxylic acids is 2. The van der Waals surface area contributed by atoms with Gasteiger partial charge in [-0.15, -0.1) is 0 Å². The second kappa shape index (κ2) is 6.33. The van der Waals surface area contributed by atoms with Gasteiger partial charge in [0.05, 0.1) is 22.4 Å². The summed E-state index contributed by atoms with van der Waals surface area (Å²) < 4.78 is 36.1. The zero-order valence-electron chi connectivity index (χ0n) is 12.7. The molecule has 0 aromatic heterocycles. The molecule has 2 aliphatic rings. The van der Waals surface area contributed by atoms with Crippen molar-refractivity contribution in [3.63, 3.8) is 0 Å². The molecule has 2 saturated heterocycles.